The van der Waals surface area contributed by atoms with Crippen molar-refractivity contribution in [1.82, 2.24) is 9.62 Å². The Kier molecular flexibility index (Phi) is 5.19. The predicted octanol–water partition coefficient (Wildman–Crippen LogP) is 1.88. The van der Waals surface area contributed by atoms with Crippen LogP contribution in [0.3, 0.4) is 0 Å². The van der Waals surface area contributed by atoms with Gasteiger partial charge in [0, 0.05) is 13.1 Å². The molecule has 1 amide bonds. The molecule has 1 fully saturated rings. The molecule has 1 N–H and O–H groups in total. The van der Waals surface area contributed by atoms with Crippen molar-refractivity contribution in [1.29, 1.82) is 0 Å². The van der Waals surface area contributed by atoms with E-state index in [1.54, 1.807) is 6.92 Å². The van der Waals surface area contributed by atoms with Gasteiger partial charge in [-0.2, -0.15) is 17.5 Å². The van der Waals surface area contributed by atoms with Crippen LogP contribution in [-0.2, 0) is 27.5 Å². The van der Waals surface area contributed by atoms with Crippen LogP contribution in [0, 0.1) is 5.82 Å². The second kappa shape index (κ2) is 6.67. The van der Waals surface area contributed by atoms with Crippen molar-refractivity contribution in [3.05, 3.63) is 35.1 Å². The van der Waals surface area contributed by atoms with Crippen LogP contribution in [0.25, 0.3) is 0 Å². The maximum atomic E-state index is 13.0. The molecule has 5 nitrogen and oxygen atoms in total. The van der Waals surface area contributed by atoms with Crippen molar-refractivity contribution < 1.29 is 30.8 Å². The van der Waals surface area contributed by atoms with Gasteiger partial charge in [-0.05, 0) is 24.1 Å². The number of benzene rings is 1. The molecule has 0 spiro atoms. The van der Waals surface area contributed by atoms with Crippen LogP contribution < -0.4 is 5.32 Å². The SMILES string of the molecule is CCN1[C@H](C(=O)NCc2ccc(F)cc2C(F)(F)F)CCS1(=O)=O. The van der Waals surface area contributed by atoms with Crippen LogP contribution in [0.1, 0.15) is 24.5 Å². The van der Waals surface area contributed by atoms with Gasteiger partial charge in [-0.3, -0.25) is 4.79 Å². The molecule has 1 aliphatic rings. The fraction of sp³-hybridized carbons (Fsp3) is 0.500. The molecule has 134 valence electrons. The Morgan fingerprint density at radius 3 is 2.62 bits per heavy atom. The number of nitrogens with zero attached hydrogens (tertiary/aromatic N) is 1. The summed E-state index contributed by atoms with van der Waals surface area (Å²) in [6.07, 6.45) is -4.67. The first-order valence-corrected chi connectivity index (χ1v) is 8.80. The summed E-state index contributed by atoms with van der Waals surface area (Å²) in [6, 6.07) is 1.24. The van der Waals surface area contributed by atoms with Crippen molar-refractivity contribution in [2.75, 3.05) is 12.3 Å². The van der Waals surface area contributed by atoms with Gasteiger partial charge >= 0.3 is 6.18 Å². The zero-order valence-corrected chi connectivity index (χ0v) is 13.5. The normalized spacial score (nSPS) is 21.0. The Morgan fingerprint density at radius 1 is 1.38 bits per heavy atom. The summed E-state index contributed by atoms with van der Waals surface area (Å²) < 4.78 is 76.3. The fourth-order valence-electron chi connectivity index (χ4n) is 2.66. The number of amides is 1. The van der Waals surface area contributed by atoms with Crippen molar-refractivity contribution in [2.45, 2.75) is 32.1 Å². The molecule has 1 saturated heterocycles. The molecule has 1 aromatic rings. The van der Waals surface area contributed by atoms with Crippen LogP contribution in [0.15, 0.2) is 18.2 Å². The molecular weight excluding hydrogens is 352 g/mol. The van der Waals surface area contributed by atoms with E-state index in [2.05, 4.69) is 5.32 Å². The maximum Gasteiger partial charge on any atom is 0.416 e. The van der Waals surface area contributed by atoms with Gasteiger partial charge in [-0.15, -0.1) is 0 Å². The number of likely N-dealkylation sites (N-methyl/N-ethyl adjacent to an activating group) is 1. The van der Waals surface area contributed by atoms with E-state index in [9.17, 15) is 30.8 Å². The van der Waals surface area contributed by atoms with Gasteiger partial charge in [-0.1, -0.05) is 13.0 Å². The number of hydrogen-bond acceptors (Lipinski definition) is 3. The summed E-state index contributed by atoms with van der Waals surface area (Å²) >= 11 is 0. The highest BCUT2D eigenvalue weighted by atomic mass is 32.2. The Labute approximate surface area is 136 Å². The quantitative estimate of drug-likeness (QED) is 0.826. The summed E-state index contributed by atoms with van der Waals surface area (Å²) in [5, 5.41) is 2.31. The smallest absolute Gasteiger partial charge is 0.351 e. The molecule has 0 radical (unpaired) electrons. The van der Waals surface area contributed by atoms with Crippen molar-refractivity contribution in [3.8, 4) is 0 Å². The number of halogens is 4. The molecule has 1 heterocycles. The molecular formula is C14H16F4N2O3S. The molecule has 1 aliphatic heterocycles. The van der Waals surface area contributed by atoms with E-state index in [0.29, 0.717) is 6.07 Å². The van der Waals surface area contributed by atoms with Crippen molar-refractivity contribution in [3.63, 3.8) is 0 Å². The van der Waals surface area contributed by atoms with Gasteiger partial charge in [0.25, 0.3) is 0 Å². The number of sulfonamides is 1. The van der Waals surface area contributed by atoms with E-state index < -0.39 is 46.1 Å². The minimum absolute atomic E-state index is 0.0809. The third-order valence-corrected chi connectivity index (χ3v) is 5.78. The summed E-state index contributed by atoms with van der Waals surface area (Å²) in [7, 11) is -3.51. The van der Waals surface area contributed by atoms with Crippen LogP contribution in [0.5, 0.6) is 0 Å². The Balaban J connectivity index is 2.13. The highest BCUT2D eigenvalue weighted by Crippen LogP contribution is 2.32. The molecule has 1 aromatic carbocycles. The highest BCUT2D eigenvalue weighted by molar-refractivity contribution is 7.89. The molecule has 0 aromatic heterocycles. The van der Waals surface area contributed by atoms with E-state index in [4.69, 9.17) is 0 Å². The van der Waals surface area contributed by atoms with Crippen LogP contribution >= 0.6 is 0 Å². The minimum atomic E-state index is -4.76. The van der Waals surface area contributed by atoms with E-state index in [1.807, 2.05) is 0 Å². The number of carbonyl (C=O) groups is 1. The first kappa shape index (κ1) is 18.7. The average molecular weight is 368 g/mol. The van der Waals surface area contributed by atoms with E-state index >= 15 is 0 Å². The molecule has 2 rings (SSSR count). The third kappa shape index (κ3) is 3.86. The minimum Gasteiger partial charge on any atom is -0.351 e. The molecule has 0 saturated carbocycles. The Bertz CT molecular complexity index is 734. The van der Waals surface area contributed by atoms with Gasteiger partial charge < -0.3 is 5.32 Å². The van der Waals surface area contributed by atoms with Crippen LogP contribution in [0.4, 0.5) is 17.6 Å². The summed E-state index contributed by atoms with van der Waals surface area (Å²) in [4.78, 5) is 12.1. The lowest BCUT2D eigenvalue weighted by molar-refractivity contribution is -0.138. The van der Waals surface area contributed by atoms with Gasteiger partial charge in [0.1, 0.15) is 11.9 Å². The number of alkyl halides is 3. The van der Waals surface area contributed by atoms with Crippen LogP contribution in [0.2, 0.25) is 0 Å². The van der Waals surface area contributed by atoms with Gasteiger partial charge in [0.05, 0.1) is 11.3 Å². The fourth-order valence-corrected chi connectivity index (χ4v) is 4.40. The maximum absolute atomic E-state index is 13.0. The molecule has 1 atom stereocenters. The monoisotopic (exact) mass is 368 g/mol. The standard InChI is InChI=1S/C14H16F4N2O3S/c1-2-20-12(5-6-24(20,22)23)13(21)19-8-9-3-4-10(15)7-11(9)14(16,17)18/h3-4,7,12H,2,5-6,8H2,1H3,(H,19,21)/t12-/m0/s1. The first-order chi connectivity index (χ1) is 11.1. The zero-order chi connectivity index (χ0) is 18.1. The summed E-state index contributed by atoms with van der Waals surface area (Å²) in [5.74, 6) is -1.88. The Hall–Kier alpha value is -1.68. The third-order valence-electron chi connectivity index (χ3n) is 3.80. The molecule has 24 heavy (non-hydrogen) atoms. The van der Waals surface area contributed by atoms with Gasteiger partial charge in [0.15, 0.2) is 0 Å². The average Bonchev–Trinajstić information content (AvgIpc) is 2.79. The molecule has 0 aliphatic carbocycles. The zero-order valence-electron chi connectivity index (χ0n) is 12.7. The topological polar surface area (TPSA) is 66.5 Å². The lowest BCUT2D eigenvalue weighted by atomic mass is 10.1. The Morgan fingerprint density at radius 2 is 2.04 bits per heavy atom. The summed E-state index contributed by atoms with van der Waals surface area (Å²) in [5.41, 5.74) is -1.46. The molecule has 0 unspecified atom stereocenters. The van der Waals surface area contributed by atoms with E-state index in [1.165, 1.54) is 0 Å². The van der Waals surface area contributed by atoms with Crippen LogP contribution in [-0.4, -0.2) is 37.0 Å². The number of carbonyl (C=O) groups excluding carboxylic acids is 1. The lowest BCUT2D eigenvalue weighted by Crippen LogP contribution is -2.44. The number of hydrogen-bond donors (Lipinski definition) is 1. The van der Waals surface area contributed by atoms with E-state index in [0.717, 1.165) is 16.4 Å². The predicted molar refractivity (Wildman–Crippen MR) is 77.8 cm³/mol. The van der Waals surface area contributed by atoms with Crippen molar-refractivity contribution >= 4 is 15.9 Å². The molecule has 10 heteroatoms. The van der Waals surface area contributed by atoms with Crippen molar-refractivity contribution in [2.24, 2.45) is 0 Å². The van der Waals surface area contributed by atoms with E-state index in [-0.39, 0.29) is 24.3 Å². The molecule has 0 bridgehead atoms. The van der Waals surface area contributed by atoms with Gasteiger partial charge in [-0.25, -0.2) is 12.8 Å². The highest BCUT2D eigenvalue weighted by Gasteiger charge is 2.40. The second-order valence-electron chi connectivity index (χ2n) is 5.34. The number of rotatable bonds is 4. The first-order valence-electron chi connectivity index (χ1n) is 7.19. The summed E-state index contributed by atoms with van der Waals surface area (Å²) in [6.45, 7) is 1.21. The lowest BCUT2D eigenvalue weighted by Gasteiger charge is -2.21. The van der Waals surface area contributed by atoms with Gasteiger partial charge in [0.2, 0.25) is 15.9 Å². The largest absolute Gasteiger partial charge is 0.416 e. The second-order valence-corrected chi connectivity index (χ2v) is 7.38. The number of nitrogens with one attached hydrogen (secondary N) is 1.